The third kappa shape index (κ3) is 4.95. The number of aromatic carboxylic acids is 1. The molecule has 2 aromatic rings. The Morgan fingerprint density at radius 3 is 2.50 bits per heavy atom. The largest absolute Gasteiger partial charge is 0.507 e. The molecule has 1 saturated heterocycles. The van der Waals surface area contributed by atoms with Crippen LogP contribution in [0.25, 0.3) is 6.08 Å². The Labute approximate surface area is 175 Å². The Bertz CT molecular complexity index is 1080. The maximum absolute atomic E-state index is 12.4. The summed E-state index contributed by atoms with van der Waals surface area (Å²) in [5, 5.41) is 20.4. The van der Waals surface area contributed by atoms with Crippen molar-refractivity contribution in [1.29, 1.82) is 0 Å². The first-order valence-electron chi connectivity index (χ1n) is 8.68. The average molecular weight is 424 g/mol. The molecule has 1 heterocycles. The van der Waals surface area contributed by atoms with Crippen molar-refractivity contribution in [2.75, 3.05) is 11.9 Å². The van der Waals surface area contributed by atoms with Crippen molar-refractivity contribution in [2.24, 2.45) is 0 Å². The van der Waals surface area contributed by atoms with E-state index >= 15 is 0 Å². The van der Waals surface area contributed by atoms with Gasteiger partial charge in [-0.3, -0.25) is 19.3 Å². The van der Waals surface area contributed by atoms with Crippen molar-refractivity contribution in [1.82, 2.24) is 4.90 Å². The molecule has 1 aliphatic heterocycles. The molecule has 3 N–H and O–H groups in total. The molecule has 0 aromatic heterocycles. The quantitative estimate of drug-likeness (QED) is 0.608. The summed E-state index contributed by atoms with van der Waals surface area (Å²) in [6, 6.07) is 12.9. The van der Waals surface area contributed by atoms with E-state index in [1.54, 1.807) is 12.2 Å². The number of amides is 3. The van der Waals surface area contributed by atoms with Crippen LogP contribution in [-0.2, 0) is 9.59 Å². The smallest absolute Gasteiger partial charge is 0.339 e. The van der Waals surface area contributed by atoms with Crippen molar-refractivity contribution < 1.29 is 29.4 Å². The predicted octanol–water partition coefficient (Wildman–Crippen LogP) is 3.32. The molecule has 1 aliphatic rings. The maximum Gasteiger partial charge on any atom is 0.339 e. The highest BCUT2D eigenvalue weighted by molar-refractivity contribution is 8.18. The molecular weight excluding hydrogens is 408 g/mol. The lowest BCUT2D eigenvalue weighted by molar-refractivity contribution is -0.127. The zero-order valence-corrected chi connectivity index (χ0v) is 16.3. The van der Waals surface area contributed by atoms with Gasteiger partial charge in [-0.2, -0.15) is 0 Å². The minimum atomic E-state index is -1.31. The highest BCUT2D eigenvalue weighted by atomic mass is 32.2. The van der Waals surface area contributed by atoms with Crippen LogP contribution >= 0.6 is 11.8 Å². The number of aromatic hydroxyl groups is 1. The Morgan fingerprint density at radius 1 is 1.10 bits per heavy atom. The maximum atomic E-state index is 12.4. The summed E-state index contributed by atoms with van der Waals surface area (Å²) in [7, 11) is 0. The van der Waals surface area contributed by atoms with Gasteiger partial charge >= 0.3 is 5.97 Å². The number of nitrogens with one attached hydrogen (secondary N) is 1. The van der Waals surface area contributed by atoms with Crippen LogP contribution in [0.15, 0.2) is 65.6 Å². The number of thioether (sulfide) groups is 1. The molecule has 2 aromatic carbocycles. The monoisotopic (exact) mass is 424 g/mol. The molecule has 0 radical (unpaired) electrons. The zero-order valence-electron chi connectivity index (χ0n) is 15.4. The number of benzene rings is 2. The number of nitrogens with zero attached hydrogens (tertiary/aromatic N) is 1. The minimum Gasteiger partial charge on any atom is -0.507 e. The summed E-state index contributed by atoms with van der Waals surface area (Å²) in [6.07, 6.45) is 4.95. The summed E-state index contributed by atoms with van der Waals surface area (Å²) in [5.41, 5.74) is 0.757. The summed E-state index contributed by atoms with van der Waals surface area (Å²) in [5.74, 6) is -3.07. The van der Waals surface area contributed by atoms with Crippen LogP contribution in [0.2, 0.25) is 0 Å². The van der Waals surface area contributed by atoms with Crippen LogP contribution < -0.4 is 5.32 Å². The summed E-state index contributed by atoms with van der Waals surface area (Å²) in [4.78, 5) is 48.6. The SMILES string of the molecule is O=C(CN1C(=O)S/C(=C\C=C\c2ccccc2)C1=O)Nc1ccc(C(=O)O)c(O)c1. The lowest BCUT2D eigenvalue weighted by Gasteiger charge is -2.12. The molecule has 8 nitrogen and oxygen atoms in total. The van der Waals surface area contributed by atoms with Crippen molar-refractivity contribution >= 4 is 46.5 Å². The molecule has 0 spiro atoms. The third-order valence-electron chi connectivity index (χ3n) is 4.02. The Morgan fingerprint density at radius 2 is 1.83 bits per heavy atom. The van der Waals surface area contributed by atoms with E-state index in [0.717, 1.165) is 34.4 Å². The van der Waals surface area contributed by atoms with E-state index in [1.807, 2.05) is 30.3 Å². The van der Waals surface area contributed by atoms with Crippen LogP contribution in [0.5, 0.6) is 5.75 Å². The highest BCUT2D eigenvalue weighted by Gasteiger charge is 2.36. The van der Waals surface area contributed by atoms with Crippen LogP contribution in [0.4, 0.5) is 10.5 Å². The zero-order chi connectivity index (χ0) is 21.7. The van der Waals surface area contributed by atoms with Gasteiger partial charge in [-0.05, 0) is 35.5 Å². The number of imide groups is 1. The lowest BCUT2D eigenvalue weighted by Crippen LogP contribution is -2.36. The highest BCUT2D eigenvalue weighted by Crippen LogP contribution is 2.30. The minimum absolute atomic E-state index is 0.135. The van der Waals surface area contributed by atoms with E-state index in [2.05, 4.69) is 5.32 Å². The average Bonchev–Trinajstić information content (AvgIpc) is 2.96. The first-order valence-corrected chi connectivity index (χ1v) is 9.50. The molecule has 30 heavy (non-hydrogen) atoms. The van der Waals surface area contributed by atoms with Gasteiger partial charge in [0.25, 0.3) is 11.1 Å². The first-order chi connectivity index (χ1) is 14.3. The van der Waals surface area contributed by atoms with Gasteiger partial charge in [0.1, 0.15) is 17.9 Å². The molecule has 152 valence electrons. The first kappa shape index (κ1) is 20.9. The van der Waals surface area contributed by atoms with Gasteiger partial charge in [-0.1, -0.05) is 42.5 Å². The predicted molar refractivity (Wildman–Crippen MR) is 112 cm³/mol. The number of rotatable bonds is 6. The molecule has 3 amide bonds. The normalized spacial score (nSPS) is 15.2. The molecule has 0 atom stereocenters. The number of allylic oxidation sites excluding steroid dienone is 2. The van der Waals surface area contributed by atoms with Gasteiger partial charge in [-0.25, -0.2) is 4.79 Å². The number of carboxylic acids is 1. The van der Waals surface area contributed by atoms with Crippen LogP contribution in [0.1, 0.15) is 15.9 Å². The Balaban J connectivity index is 1.63. The fourth-order valence-electron chi connectivity index (χ4n) is 2.60. The van der Waals surface area contributed by atoms with Crippen molar-refractivity contribution in [3.63, 3.8) is 0 Å². The molecule has 0 aliphatic carbocycles. The number of carbonyl (C=O) groups excluding carboxylic acids is 3. The van der Waals surface area contributed by atoms with E-state index in [0.29, 0.717) is 0 Å². The molecular formula is C21H16N2O6S. The van der Waals surface area contributed by atoms with Crippen LogP contribution in [0.3, 0.4) is 0 Å². The lowest BCUT2D eigenvalue weighted by atomic mass is 10.2. The van der Waals surface area contributed by atoms with Crippen LogP contribution in [-0.4, -0.2) is 44.7 Å². The van der Waals surface area contributed by atoms with E-state index in [1.165, 1.54) is 12.1 Å². The van der Waals surface area contributed by atoms with Gasteiger partial charge in [0.15, 0.2) is 0 Å². The summed E-state index contributed by atoms with van der Waals surface area (Å²) >= 11 is 0.735. The van der Waals surface area contributed by atoms with E-state index < -0.39 is 35.3 Å². The summed E-state index contributed by atoms with van der Waals surface area (Å²) < 4.78 is 0. The third-order valence-corrected chi connectivity index (χ3v) is 4.95. The molecule has 0 saturated carbocycles. The molecule has 0 bridgehead atoms. The Hall–Kier alpha value is -3.85. The topological polar surface area (TPSA) is 124 Å². The standard InChI is InChI=1S/C21H16N2O6S/c24-16-11-14(9-10-15(16)20(27)28)22-18(25)12-23-19(26)17(30-21(23)29)8-4-7-13-5-2-1-3-6-13/h1-11,24H,12H2,(H,22,25)(H,27,28)/b7-4+,17-8-. The number of carbonyl (C=O) groups is 4. The molecule has 3 rings (SSSR count). The van der Waals surface area contributed by atoms with Gasteiger partial charge in [0, 0.05) is 11.8 Å². The summed E-state index contributed by atoms with van der Waals surface area (Å²) in [6.45, 7) is -0.508. The number of hydrogen-bond acceptors (Lipinski definition) is 6. The van der Waals surface area contributed by atoms with E-state index in [9.17, 15) is 24.3 Å². The number of phenols is 1. The van der Waals surface area contributed by atoms with E-state index in [-0.39, 0.29) is 16.2 Å². The second-order valence-corrected chi connectivity index (χ2v) is 7.14. The Kier molecular flexibility index (Phi) is 6.33. The number of hydrogen-bond donors (Lipinski definition) is 3. The fourth-order valence-corrected chi connectivity index (χ4v) is 3.39. The molecule has 9 heteroatoms. The van der Waals surface area contributed by atoms with Crippen molar-refractivity contribution in [2.45, 2.75) is 0 Å². The van der Waals surface area contributed by atoms with Gasteiger partial charge in [-0.15, -0.1) is 0 Å². The fraction of sp³-hybridized carbons (Fsp3) is 0.0476. The van der Waals surface area contributed by atoms with Crippen LogP contribution in [0, 0.1) is 0 Å². The molecule has 0 unspecified atom stereocenters. The van der Waals surface area contributed by atoms with E-state index in [4.69, 9.17) is 5.11 Å². The van der Waals surface area contributed by atoms with Crippen molar-refractivity contribution in [3.05, 3.63) is 76.7 Å². The van der Waals surface area contributed by atoms with Crippen molar-refractivity contribution in [3.8, 4) is 5.75 Å². The van der Waals surface area contributed by atoms with Gasteiger partial charge in [0.2, 0.25) is 5.91 Å². The number of anilines is 1. The van der Waals surface area contributed by atoms with Gasteiger partial charge in [0.05, 0.1) is 4.91 Å². The molecule has 1 fully saturated rings. The second-order valence-electron chi connectivity index (χ2n) is 6.15. The number of carboxylic acid groups (broad SMARTS) is 1. The van der Waals surface area contributed by atoms with Gasteiger partial charge < -0.3 is 15.5 Å². The second kappa shape index (κ2) is 9.10.